The highest BCUT2D eigenvalue weighted by atomic mass is 32.2. The summed E-state index contributed by atoms with van der Waals surface area (Å²) in [5.74, 6) is 0.181. The van der Waals surface area contributed by atoms with Crippen LogP contribution < -0.4 is 0 Å². The van der Waals surface area contributed by atoms with Crippen LogP contribution in [0.3, 0.4) is 0 Å². The van der Waals surface area contributed by atoms with Gasteiger partial charge in [0.2, 0.25) is 11.8 Å². The maximum absolute atomic E-state index is 12.7. The van der Waals surface area contributed by atoms with Gasteiger partial charge in [0, 0.05) is 25.3 Å². The van der Waals surface area contributed by atoms with Crippen LogP contribution in [0.5, 0.6) is 0 Å². The van der Waals surface area contributed by atoms with E-state index in [1.165, 1.54) is 0 Å². The normalized spacial score (nSPS) is 24.7. The van der Waals surface area contributed by atoms with E-state index >= 15 is 0 Å². The van der Waals surface area contributed by atoms with Crippen molar-refractivity contribution < 1.29 is 24.2 Å². The fourth-order valence-corrected chi connectivity index (χ4v) is 3.98. The smallest absolute Gasteiger partial charge is 0.306 e. The van der Waals surface area contributed by atoms with Gasteiger partial charge in [0.15, 0.2) is 0 Å². The van der Waals surface area contributed by atoms with Crippen LogP contribution in [0.15, 0.2) is 0 Å². The van der Waals surface area contributed by atoms with Crippen molar-refractivity contribution in [3.05, 3.63) is 0 Å². The average molecular weight is 344 g/mol. The molecule has 1 N–H and O–H groups in total. The minimum absolute atomic E-state index is 0.0329. The van der Waals surface area contributed by atoms with Crippen LogP contribution in [-0.4, -0.2) is 76.2 Å². The molecule has 2 heterocycles. The number of rotatable bonds is 6. The third-order valence-corrected chi connectivity index (χ3v) is 5.10. The van der Waals surface area contributed by atoms with E-state index in [-0.39, 0.29) is 24.8 Å². The van der Waals surface area contributed by atoms with Crippen LogP contribution in [0, 0.1) is 0 Å². The van der Waals surface area contributed by atoms with Gasteiger partial charge in [0.1, 0.15) is 6.04 Å². The Balaban J connectivity index is 1.95. The molecule has 0 aromatic carbocycles. The Kier molecular flexibility index (Phi) is 6.71. The Morgan fingerprint density at radius 2 is 2.13 bits per heavy atom. The third-order valence-electron chi connectivity index (χ3n) is 4.08. The van der Waals surface area contributed by atoms with E-state index < -0.39 is 18.1 Å². The molecule has 0 aromatic rings. The molecular formula is C15H24N2O5S. The second-order valence-corrected chi connectivity index (χ2v) is 6.86. The van der Waals surface area contributed by atoms with Gasteiger partial charge in [0.25, 0.3) is 0 Å². The lowest BCUT2D eigenvalue weighted by Gasteiger charge is -2.35. The number of morpholine rings is 1. The zero-order valence-electron chi connectivity index (χ0n) is 13.4. The van der Waals surface area contributed by atoms with Crippen LogP contribution in [0.25, 0.3) is 0 Å². The van der Waals surface area contributed by atoms with E-state index in [0.717, 1.165) is 12.8 Å². The predicted octanol–water partition coefficient (Wildman–Crippen LogP) is 0.780. The summed E-state index contributed by atoms with van der Waals surface area (Å²) in [5, 5.41) is 8.86. The lowest BCUT2D eigenvalue weighted by molar-refractivity contribution is -0.152. The molecule has 0 bridgehead atoms. The number of carbonyl (C=O) groups is 3. The summed E-state index contributed by atoms with van der Waals surface area (Å²) in [6, 6.07) is -0.423. The van der Waals surface area contributed by atoms with Gasteiger partial charge in [-0.3, -0.25) is 14.4 Å². The summed E-state index contributed by atoms with van der Waals surface area (Å²) in [6.07, 6.45) is 1.68. The van der Waals surface area contributed by atoms with E-state index in [2.05, 4.69) is 0 Å². The van der Waals surface area contributed by atoms with Gasteiger partial charge in [-0.05, 0) is 6.42 Å². The molecule has 8 heteroatoms. The summed E-state index contributed by atoms with van der Waals surface area (Å²) in [6.45, 7) is 3.11. The molecule has 2 amide bonds. The quantitative estimate of drug-likeness (QED) is 0.766. The van der Waals surface area contributed by atoms with Crippen molar-refractivity contribution in [1.82, 2.24) is 9.80 Å². The van der Waals surface area contributed by atoms with Gasteiger partial charge in [-0.15, -0.1) is 11.8 Å². The molecule has 0 aromatic heterocycles. The topological polar surface area (TPSA) is 87.2 Å². The molecule has 2 atom stereocenters. The molecule has 2 rings (SSSR count). The SMILES string of the molecule is CCCCC(=O)N1CSCC1C(=O)N1CCOC(CC(=O)O)C1. The van der Waals surface area contributed by atoms with Crippen molar-refractivity contribution in [2.24, 2.45) is 0 Å². The zero-order chi connectivity index (χ0) is 16.8. The minimum atomic E-state index is -0.933. The number of carboxylic acid groups (broad SMARTS) is 1. The van der Waals surface area contributed by atoms with E-state index in [0.29, 0.717) is 31.2 Å². The molecule has 23 heavy (non-hydrogen) atoms. The summed E-state index contributed by atoms with van der Waals surface area (Å²) in [4.78, 5) is 39.1. The van der Waals surface area contributed by atoms with Crippen molar-refractivity contribution >= 4 is 29.5 Å². The number of carboxylic acids is 1. The molecule has 2 aliphatic heterocycles. The number of amides is 2. The molecule has 0 aliphatic carbocycles. The second kappa shape index (κ2) is 8.54. The molecule has 2 fully saturated rings. The Bertz CT molecular complexity index is 459. The summed E-state index contributed by atoms with van der Waals surface area (Å²) >= 11 is 1.59. The standard InChI is InChI=1S/C15H24N2O5S/c1-2-3-4-13(18)17-10-23-9-12(17)15(21)16-5-6-22-11(8-16)7-14(19)20/h11-12H,2-10H2,1H3,(H,19,20). The number of nitrogens with zero attached hydrogens (tertiary/aromatic N) is 2. The van der Waals surface area contributed by atoms with Gasteiger partial charge in [0.05, 0.1) is 25.0 Å². The summed E-state index contributed by atoms with van der Waals surface area (Å²) in [7, 11) is 0. The second-order valence-electron chi connectivity index (χ2n) is 5.86. The zero-order valence-corrected chi connectivity index (χ0v) is 14.2. The summed E-state index contributed by atoms with van der Waals surface area (Å²) in [5.41, 5.74) is 0. The third kappa shape index (κ3) is 4.84. The molecule has 0 saturated carbocycles. The lowest BCUT2D eigenvalue weighted by atomic mass is 10.1. The van der Waals surface area contributed by atoms with Gasteiger partial charge >= 0.3 is 5.97 Å². The fraction of sp³-hybridized carbons (Fsp3) is 0.800. The Labute approximate surface area is 140 Å². The van der Waals surface area contributed by atoms with E-state index in [4.69, 9.17) is 9.84 Å². The first-order chi connectivity index (χ1) is 11.0. The number of hydrogen-bond donors (Lipinski definition) is 1. The number of ether oxygens (including phenoxy) is 1. The van der Waals surface area contributed by atoms with Gasteiger partial charge < -0.3 is 19.6 Å². The molecular weight excluding hydrogens is 320 g/mol. The van der Waals surface area contributed by atoms with E-state index in [1.807, 2.05) is 6.92 Å². The molecule has 130 valence electrons. The minimum Gasteiger partial charge on any atom is -0.481 e. The highest BCUT2D eigenvalue weighted by Gasteiger charge is 2.38. The number of hydrogen-bond acceptors (Lipinski definition) is 5. The molecule has 2 saturated heterocycles. The van der Waals surface area contributed by atoms with E-state index in [9.17, 15) is 14.4 Å². The van der Waals surface area contributed by atoms with E-state index in [1.54, 1.807) is 21.6 Å². The first-order valence-corrected chi connectivity index (χ1v) is 9.17. The van der Waals surface area contributed by atoms with Crippen LogP contribution in [-0.2, 0) is 19.1 Å². The number of thioether (sulfide) groups is 1. The van der Waals surface area contributed by atoms with Crippen molar-refractivity contribution in [2.75, 3.05) is 31.3 Å². The number of aliphatic carboxylic acids is 1. The van der Waals surface area contributed by atoms with Crippen molar-refractivity contribution in [3.8, 4) is 0 Å². The largest absolute Gasteiger partial charge is 0.481 e. The maximum atomic E-state index is 12.7. The number of unbranched alkanes of at least 4 members (excludes halogenated alkanes) is 1. The monoisotopic (exact) mass is 344 g/mol. The predicted molar refractivity (Wildman–Crippen MR) is 86.1 cm³/mol. The molecule has 7 nitrogen and oxygen atoms in total. The highest BCUT2D eigenvalue weighted by molar-refractivity contribution is 7.99. The van der Waals surface area contributed by atoms with Crippen molar-refractivity contribution in [2.45, 2.75) is 44.8 Å². The fourth-order valence-electron chi connectivity index (χ4n) is 2.81. The van der Waals surface area contributed by atoms with Crippen LogP contribution in [0.2, 0.25) is 0 Å². The molecule has 2 unspecified atom stereocenters. The van der Waals surface area contributed by atoms with Crippen molar-refractivity contribution in [1.29, 1.82) is 0 Å². The van der Waals surface area contributed by atoms with Crippen molar-refractivity contribution in [3.63, 3.8) is 0 Å². The van der Waals surface area contributed by atoms with Crippen LogP contribution >= 0.6 is 11.8 Å². The average Bonchev–Trinajstić information content (AvgIpc) is 3.01. The van der Waals surface area contributed by atoms with Gasteiger partial charge in [-0.2, -0.15) is 0 Å². The van der Waals surface area contributed by atoms with Crippen LogP contribution in [0.1, 0.15) is 32.6 Å². The Morgan fingerprint density at radius 3 is 2.83 bits per heavy atom. The Hall–Kier alpha value is -1.28. The van der Waals surface area contributed by atoms with Crippen LogP contribution in [0.4, 0.5) is 0 Å². The molecule has 0 spiro atoms. The molecule has 2 aliphatic rings. The highest BCUT2D eigenvalue weighted by Crippen LogP contribution is 2.24. The first kappa shape index (κ1) is 18.1. The van der Waals surface area contributed by atoms with Gasteiger partial charge in [-0.25, -0.2) is 0 Å². The first-order valence-electron chi connectivity index (χ1n) is 8.02. The summed E-state index contributed by atoms with van der Waals surface area (Å²) < 4.78 is 5.40. The van der Waals surface area contributed by atoms with Gasteiger partial charge in [-0.1, -0.05) is 13.3 Å². The lowest BCUT2D eigenvalue weighted by Crippen LogP contribution is -2.54. The maximum Gasteiger partial charge on any atom is 0.306 e. The number of carbonyl (C=O) groups excluding carboxylic acids is 2. The Morgan fingerprint density at radius 1 is 1.35 bits per heavy atom. The molecule has 0 radical (unpaired) electrons.